The number of nitrogens with zero attached hydrogens (tertiary/aromatic N) is 2. The van der Waals surface area contributed by atoms with Gasteiger partial charge in [0, 0.05) is 25.3 Å². The van der Waals surface area contributed by atoms with Gasteiger partial charge in [0.25, 0.3) is 0 Å². The number of nitrogens with one attached hydrogen (secondary N) is 1. The topological polar surface area (TPSA) is 52.1 Å². The molecule has 2 aromatic carbocycles. The van der Waals surface area contributed by atoms with Gasteiger partial charge in [-0.3, -0.25) is 5.10 Å². The number of phenols is 1. The molecule has 4 nitrogen and oxygen atoms in total. The number of hydrogen-bond acceptors (Lipinski definition) is 3. The first-order valence-corrected chi connectivity index (χ1v) is 6.76. The summed E-state index contributed by atoms with van der Waals surface area (Å²) in [4.78, 5) is 2.07. The second-order valence-corrected chi connectivity index (χ2v) is 5.16. The minimum Gasteiger partial charge on any atom is -0.508 e. The second-order valence-electron chi connectivity index (χ2n) is 5.16. The monoisotopic (exact) mass is 279 g/mol. The minimum absolute atomic E-state index is 0.258. The van der Waals surface area contributed by atoms with Crippen LogP contribution in [-0.4, -0.2) is 29.4 Å². The molecule has 1 heterocycles. The Morgan fingerprint density at radius 3 is 2.14 bits per heavy atom. The molecule has 0 bridgehead atoms. The highest BCUT2D eigenvalue weighted by molar-refractivity contribution is 5.69. The zero-order chi connectivity index (χ0) is 14.8. The van der Waals surface area contributed by atoms with Gasteiger partial charge in [-0.15, -0.1) is 0 Å². The molecule has 21 heavy (non-hydrogen) atoms. The molecule has 0 unspecified atom stereocenters. The number of aromatic hydroxyl groups is 1. The van der Waals surface area contributed by atoms with Crippen molar-refractivity contribution >= 4 is 5.69 Å². The molecule has 0 saturated carbocycles. The average Bonchev–Trinajstić information content (AvgIpc) is 2.98. The Morgan fingerprint density at radius 1 is 0.905 bits per heavy atom. The average molecular weight is 279 g/mol. The van der Waals surface area contributed by atoms with Gasteiger partial charge in [-0.2, -0.15) is 5.10 Å². The smallest absolute Gasteiger partial charge is 0.115 e. The van der Waals surface area contributed by atoms with Gasteiger partial charge in [0.05, 0.1) is 11.4 Å². The third kappa shape index (κ3) is 2.74. The van der Waals surface area contributed by atoms with Crippen LogP contribution in [0.1, 0.15) is 0 Å². The molecule has 0 spiro atoms. The van der Waals surface area contributed by atoms with Gasteiger partial charge >= 0.3 is 0 Å². The van der Waals surface area contributed by atoms with Crippen LogP contribution < -0.4 is 4.90 Å². The minimum atomic E-state index is 0.258. The van der Waals surface area contributed by atoms with Gasteiger partial charge in [-0.25, -0.2) is 0 Å². The Labute approximate surface area is 123 Å². The Hall–Kier alpha value is -2.75. The standard InChI is InChI=1S/C17H17N3O/c1-20(2)14-7-3-12(4-8-14)16-11-17(19-18-16)13-5-9-15(21)10-6-13/h3-11,21H,1-2H3,(H,18,19). The molecule has 2 N–H and O–H groups in total. The summed E-state index contributed by atoms with van der Waals surface area (Å²) in [6.07, 6.45) is 0. The number of benzene rings is 2. The van der Waals surface area contributed by atoms with E-state index >= 15 is 0 Å². The molecule has 1 aromatic heterocycles. The van der Waals surface area contributed by atoms with E-state index in [1.165, 1.54) is 0 Å². The number of rotatable bonds is 3. The van der Waals surface area contributed by atoms with Crippen molar-refractivity contribution in [2.24, 2.45) is 0 Å². The number of phenolic OH excluding ortho intramolecular Hbond substituents is 1. The molecule has 0 radical (unpaired) electrons. The van der Waals surface area contributed by atoms with Gasteiger partial charge < -0.3 is 10.0 Å². The van der Waals surface area contributed by atoms with Crippen molar-refractivity contribution in [3.63, 3.8) is 0 Å². The summed E-state index contributed by atoms with van der Waals surface area (Å²) in [5, 5.41) is 16.7. The predicted octanol–water partition coefficient (Wildman–Crippen LogP) is 3.52. The van der Waals surface area contributed by atoms with E-state index in [1.807, 2.05) is 32.3 Å². The molecule has 4 heteroatoms. The van der Waals surface area contributed by atoms with Crippen LogP contribution in [0.3, 0.4) is 0 Å². The highest BCUT2D eigenvalue weighted by Crippen LogP contribution is 2.26. The van der Waals surface area contributed by atoms with E-state index in [4.69, 9.17) is 0 Å². The van der Waals surface area contributed by atoms with Crippen LogP contribution in [0, 0.1) is 0 Å². The summed E-state index contributed by atoms with van der Waals surface area (Å²) in [6.45, 7) is 0. The molecule has 0 saturated heterocycles. The van der Waals surface area contributed by atoms with E-state index in [1.54, 1.807) is 12.1 Å². The maximum Gasteiger partial charge on any atom is 0.115 e. The van der Waals surface area contributed by atoms with Gasteiger partial charge in [0.1, 0.15) is 5.75 Å². The molecule has 0 aliphatic rings. The predicted molar refractivity (Wildman–Crippen MR) is 85.5 cm³/mol. The zero-order valence-electron chi connectivity index (χ0n) is 12.0. The van der Waals surface area contributed by atoms with Crippen molar-refractivity contribution in [3.8, 4) is 28.3 Å². The maximum atomic E-state index is 9.33. The summed E-state index contributed by atoms with van der Waals surface area (Å²) in [6, 6.07) is 17.3. The summed E-state index contributed by atoms with van der Waals surface area (Å²) in [7, 11) is 4.04. The quantitative estimate of drug-likeness (QED) is 0.771. The number of aromatic amines is 1. The number of H-pyrrole nitrogens is 1. The van der Waals surface area contributed by atoms with Crippen LogP contribution in [0.15, 0.2) is 54.6 Å². The van der Waals surface area contributed by atoms with Crippen LogP contribution in [0.2, 0.25) is 0 Å². The molecule has 0 aliphatic carbocycles. The molecule has 3 rings (SSSR count). The summed E-state index contributed by atoms with van der Waals surface area (Å²) < 4.78 is 0. The second kappa shape index (κ2) is 5.32. The number of hydrogen-bond donors (Lipinski definition) is 2. The Bertz CT molecular complexity index is 727. The van der Waals surface area contributed by atoms with E-state index in [-0.39, 0.29) is 5.75 Å². The van der Waals surface area contributed by atoms with Gasteiger partial charge in [0.2, 0.25) is 0 Å². The largest absolute Gasteiger partial charge is 0.508 e. The molecular weight excluding hydrogens is 262 g/mol. The summed E-state index contributed by atoms with van der Waals surface area (Å²) >= 11 is 0. The molecule has 0 fully saturated rings. The van der Waals surface area contributed by atoms with Crippen LogP contribution in [0.5, 0.6) is 5.75 Å². The number of anilines is 1. The van der Waals surface area contributed by atoms with Gasteiger partial charge in [-0.1, -0.05) is 12.1 Å². The van der Waals surface area contributed by atoms with Gasteiger partial charge in [-0.05, 0) is 48.0 Å². The summed E-state index contributed by atoms with van der Waals surface area (Å²) in [5.41, 5.74) is 5.07. The van der Waals surface area contributed by atoms with Crippen molar-refractivity contribution in [3.05, 3.63) is 54.6 Å². The highest BCUT2D eigenvalue weighted by atomic mass is 16.3. The van der Waals surface area contributed by atoms with E-state index in [0.29, 0.717) is 0 Å². The fraction of sp³-hybridized carbons (Fsp3) is 0.118. The first-order chi connectivity index (χ1) is 10.1. The molecular formula is C17H17N3O. The van der Waals surface area contributed by atoms with E-state index < -0.39 is 0 Å². The molecule has 106 valence electrons. The molecule has 0 aliphatic heterocycles. The lowest BCUT2D eigenvalue weighted by atomic mass is 10.1. The van der Waals surface area contributed by atoms with Crippen LogP contribution in [0.4, 0.5) is 5.69 Å². The zero-order valence-corrected chi connectivity index (χ0v) is 12.0. The summed E-state index contributed by atoms with van der Waals surface area (Å²) in [5.74, 6) is 0.258. The Kier molecular flexibility index (Phi) is 3.36. The van der Waals surface area contributed by atoms with Crippen molar-refractivity contribution in [1.82, 2.24) is 10.2 Å². The normalized spacial score (nSPS) is 10.6. The Morgan fingerprint density at radius 2 is 1.52 bits per heavy atom. The van der Waals surface area contributed by atoms with E-state index in [9.17, 15) is 5.11 Å². The third-order valence-corrected chi connectivity index (χ3v) is 3.44. The first-order valence-electron chi connectivity index (χ1n) is 6.76. The van der Waals surface area contributed by atoms with Crippen LogP contribution in [-0.2, 0) is 0 Å². The van der Waals surface area contributed by atoms with Crippen LogP contribution >= 0.6 is 0 Å². The highest BCUT2D eigenvalue weighted by Gasteiger charge is 2.06. The van der Waals surface area contributed by atoms with Crippen molar-refractivity contribution in [1.29, 1.82) is 0 Å². The van der Waals surface area contributed by atoms with Crippen LogP contribution in [0.25, 0.3) is 22.5 Å². The third-order valence-electron chi connectivity index (χ3n) is 3.44. The van der Waals surface area contributed by atoms with Crippen molar-refractivity contribution in [2.75, 3.05) is 19.0 Å². The fourth-order valence-corrected chi connectivity index (χ4v) is 2.19. The molecule has 0 amide bonds. The first kappa shape index (κ1) is 13.2. The number of aromatic nitrogens is 2. The van der Waals surface area contributed by atoms with Gasteiger partial charge in [0.15, 0.2) is 0 Å². The maximum absolute atomic E-state index is 9.33. The lowest BCUT2D eigenvalue weighted by Gasteiger charge is -2.12. The SMILES string of the molecule is CN(C)c1ccc(-c2cc(-c3ccc(O)cc3)n[nH]2)cc1. The lowest BCUT2D eigenvalue weighted by molar-refractivity contribution is 0.475. The van der Waals surface area contributed by atoms with Crippen molar-refractivity contribution < 1.29 is 5.11 Å². The molecule has 3 aromatic rings. The Balaban J connectivity index is 1.89. The van der Waals surface area contributed by atoms with E-state index in [2.05, 4.69) is 39.4 Å². The molecule has 0 atom stereocenters. The van der Waals surface area contributed by atoms with E-state index in [0.717, 1.165) is 28.2 Å². The van der Waals surface area contributed by atoms with Crippen molar-refractivity contribution in [2.45, 2.75) is 0 Å². The lowest BCUT2D eigenvalue weighted by Crippen LogP contribution is -2.07. The fourth-order valence-electron chi connectivity index (χ4n) is 2.19.